The number of aromatic carboxylic acids is 1. The van der Waals surface area contributed by atoms with Crippen LogP contribution in [0.3, 0.4) is 0 Å². The molecule has 10 nitrogen and oxygen atoms in total. The minimum absolute atomic E-state index is 0.00667. The molecule has 39 heavy (non-hydrogen) atoms. The summed E-state index contributed by atoms with van der Waals surface area (Å²) in [5.41, 5.74) is 8.67. The van der Waals surface area contributed by atoms with Gasteiger partial charge in [-0.05, 0) is 67.9 Å². The predicted molar refractivity (Wildman–Crippen MR) is 150 cm³/mol. The molecule has 0 aliphatic rings. The minimum atomic E-state index is -3.63. The number of hydrogen-bond donors (Lipinski definition) is 5. The van der Waals surface area contributed by atoms with Gasteiger partial charge in [-0.3, -0.25) is 0 Å². The number of anilines is 1. The number of rotatable bonds is 11. The van der Waals surface area contributed by atoms with Gasteiger partial charge >= 0.3 is 5.97 Å². The summed E-state index contributed by atoms with van der Waals surface area (Å²) in [7, 11) is -2.29. The molecule has 0 saturated carbocycles. The summed E-state index contributed by atoms with van der Waals surface area (Å²) in [4.78, 5) is 16.1. The second kappa shape index (κ2) is 11.7. The number of halogens is 1. The van der Waals surface area contributed by atoms with Crippen molar-refractivity contribution in [3.8, 4) is 0 Å². The number of carboxylic acid groups (broad SMARTS) is 1. The van der Waals surface area contributed by atoms with Crippen LogP contribution in [0.15, 0.2) is 65.7 Å². The number of aliphatic hydroxyl groups is 1. The molecule has 12 heteroatoms. The first-order valence-electron chi connectivity index (χ1n) is 12.2. The monoisotopic (exact) mass is 571 g/mol. The quantitative estimate of drug-likeness (QED) is 0.183. The van der Waals surface area contributed by atoms with E-state index in [-0.39, 0.29) is 40.6 Å². The van der Waals surface area contributed by atoms with E-state index >= 15 is 0 Å². The van der Waals surface area contributed by atoms with E-state index in [1.54, 1.807) is 28.8 Å². The molecular formula is C27H30ClN5O5S. The van der Waals surface area contributed by atoms with E-state index in [1.807, 2.05) is 25.1 Å². The first-order chi connectivity index (χ1) is 18.5. The smallest absolute Gasteiger partial charge is 0.352 e. The number of hydrogen-bond acceptors (Lipinski definition) is 7. The van der Waals surface area contributed by atoms with Crippen LogP contribution in [-0.2, 0) is 23.0 Å². The summed E-state index contributed by atoms with van der Waals surface area (Å²) >= 11 is 6.00. The van der Waals surface area contributed by atoms with Gasteiger partial charge in [-0.15, -0.1) is 0 Å². The van der Waals surface area contributed by atoms with Crippen molar-refractivity contribution in [2.24, 2.45) is 0 Å². The molecule has 2 aromatic heterocycles. The molecule has 0 radical (unpaired) electrons. The Morgan fingerprint density at radius 2 is 1.92 bits per heavy atom. The van der Waals surface area contributed by atoms with E-state index in [0.29, 0.717) is 17.5 Å². The molecule has 6 N–H and O–H groups in total. The minimum Gasteiger partial charge on any atom is -0.477 e. The van der Waals surface area contributed by atoms with Crippen LogP contribution in [0.4, 0.5) is 5.82 Å². The SMILES string of the molecule is CNS(=O)(=O)c1cccc(Cn2c(C(=O)O)cc3cc(CC(C)NCC(O)c4cnc(N)c(Cl)c4)ccc32)c1. The van der Waals surface area contributed by atoms with Crippen LogP contribution in [0, 0.1) is 0 Å². The summed E-state index contributed by atoms with van der Waals surface area (Å²) in [5.74, 6) is -0.868. The van der Waals surface area contributed by atoms with E-state index in [4.69, 9.17) is 17.3 Å². The molecule has 0 amide bonds. The Morgan fingerprint density at radius 1 is 1.15 bits per heavy atom. The second-order valence-electron chi connectivity index (χ2n) is 9.33. The Labute approximate surface area is 231 Å². The summed E-state index contributed by atoms with van der Waals surface area (Å²) in [5, 5.41) is 24.7. The van der Waals surface area contributed by atoms with Crippen LogP contribution in [0.2, 0.25) is 5.02 Å². The average Bonchev–Trinajstić information content (AvgIpc) is 3.26. The van der Waals surface area contributed by atoms with Gasteiger partial charge in [0.15, 0.2) is 0 Å². The van der Waals surface area contributed by atoms with Crippen LogP contribution in [0.25, 0.3) is 10.9 Å². The van der Waals surface area contributed by atoms with Gasteiger partial charge < -0.3 is 25.8 Å². The van der Waals surface area contributed by atoms with Crippen molar-refractivity contribution in [2.45, 2.75) is 36.9 Å². The second-order valence-corrected chi connectivity index (χ2v) is 11.6. The van der Waals surface area contributed by atoms with Gasteiger partial charge in [-0.25, -0.2) is 22.9 Å². The average molecular weight is 572 g/mol. The normalized spacial score (nSPS) is 13.4. The lowest BCUT2D eigenvalue weighted by atomic mass is 10.0. The maximum absolute atomic E-state index is 12.2. The van der Waals surface area contributed by atoms with Crippen molar-refractivity contribution >= 4 is 44.3 Å². The molecule has 206 valence electrons. The Hall–Kier alpha value is -3.48. The van der Waals surface area contributed by atoms with Crippen molar-refractivity contribution < 1.29 is 23.4 Å². The highest BCUT2D eigenvalue weighted by molar-refractivity contribution is 7.89. The van der Waals surface area contributed by atoms with Crippen molar-refractivity contribution in [3.63, 3.8) is 0 Å². The van der Waals surface area contributed by atoms with Crippen LogP contribution in [-0.4, -0.2) is 53.8 Å². The summed E-state index contributed by atoms with van der Waals surface area (Å²) in [6, 6.07) is 15.4. The number of aromatic nitrogens is 2. The third kappa shape index (κ3) is 6.57. The molecule has 2 unspecified atom stereocenters. The number of carboxylic acids is 1. The Bertz CT molecular complexity index is 1620. The lowest BCUT2D eigenvalue weighted by Gasteiger charge is -2.18. The number of nitrogen functional groups attached to an aromatic ring is 1. The van der Waals surface area contributed by atoms with Gasteiger partial charge in [0.05, 0.1) is 16.0 Å². The van der Waals surface area contributed by atoms with E-state index in [9.17, 15) is 23.4 Å². The topological polar surface area (TPSA) is 160 Å². The summed E-state index contributed by atoms with van der Waals surface area (Å²) < 4.78 is 28.4. The molecule has 2 atom stereocenters. The molecular weight excluding hydrogens is 542 g/mol. The number of benzene rings is 2. The number of carbonyl (C=O) groups is 1. The third-order valence-corrected chi connectivity index (χ3v) is 8.19. The number of nitrogens with zero attached hydrogens (tertiary/aromatic N) is 2. The zero-order valence-corrected chi connectivity index (χ0v) is 23.0. The standard InChI is InChI=1S/C27H30ClN5O5S/c1-16(31-14-25(34)20-11-22(28)26(29)32-13-20)8-17-6-7-23-19(9-17)12-24(27(35)36)33(23)15-18-4-3-5-21(10-18)39(37,38)30-2/h3-7,9-13,16,25,30-31,34H,8,14-15H2,1-2H3,(H2,29,32)(H,35,36). The van der Waals surface area contributed by atoms with Crippen LogP contribution in [0.1, 0.15) is 40.2 Å². The number of fused-ring (bicyclic) bond motifs is 1. The van der Waals surface area contributed by atoms with Crippen molar-refractivity contribution in [3.05, 3.63) is 88.2 Å². The maximum Gasteiger partial charge on any atom is 0.352 e. The number of nitrogens with one attached hydrogen (secondary N) is 2. The van der Waals surface area contributed by atoms with Crippen LogP contribution < -0.4 is 15.8 Å². The summed E-state index contributed by atoms with van der Waals surface area (Å²) in [6.45, 7) is 2.47. The Kier molecular flexibility index (Phi) is 8.57. The molecule has 4 aromatic rings. The lowest BCUT2D eigenvalue weighted by molar-refractivity contribution is 0.0686. The van der Waals surface area contributed by atoms with Crippen molar-refractivity contribution in [1.82, 2.24) is 19.6 Å². The fourth-order valence-electron chi connectivity index (χ4n) is 4.41. The van der Waals surface area contributed by atoms with Gasteiger partial charge in [0.1, 0.15) is 11.5 Å². The fraction of sp³-hybridized carbons (Fsp3) is 0.259. The van der Waals surface area contributed by atoms with E-state index in [2.05, 4.69) is 15.0 Å². The zero-order valence-electron chi connectivity index (χ0n) is 21.4. The molecule has 4 rings (SSSR count). The van der Waals surface area contributed by atoms with E-state index in [1.165, 1.54) is 25.4 Å². The highest BCUT2D eigenvalue weighted by Crippen LogP contribution is 2.25. The number of nitrogens with two attached hydrogens (primary N) is 1. The summed E-state index contributed by atoms with van der Waals surface area (Å²) in [6.07, 6.45) is 1.32. The fourth-order valence-corrected chi connectivity index (χ4v) is 5.38. The first-order valence-corrected chi connectivity index (χ1v) is 14.0. The first kappa shape index (κ1) is 28.5. The molecule has 0 aliphatic carbocycles. The highest BCUT2D eigenvalue weighted by Gasteiger charge is 2.18. The van der Waals surface area contributed by atoms with E-state index < -0.39 is 22.1 Å². The predicted octanol–water partition coefficient (Wildman–Crippen LogP) is 3.18. The molecule has 0 spiro atoms. The largest absolute Gasteiger partial charge is 0.477 e. The van der Waals surface area contributed by atoms with Crippen molar-refractivity contribution in [1.29, 1.82) is 0 Å². The highest BCUT2D eigenvalue weighted by atomic mass is 35.5. The Balaban J connectivity index is 1.50. The maximum atomic E-state index is 12.2. The van der Waals surface area contributed by atoms with E-state index in [0.717, 1.165) is 16.5 Å². The molecule has 2 aromatic carbocycles. The molecule has 0 aliphatic heterocycles. The van der Waals surface area contributed by atoms with Gasteiger partial charge in [0.25, 0.3) is 0 Å². The number of aliphatic hydroxyl groups excluding tert-OH is 1. The molecule has 2 heterocycles. The Morgan fingerprint density at radius 3 is 2.62 bits per heavy atom. The van der Waals surface area contributed by atoms with Gasteiger partial charge in [-0.1, -0.05) is 29.8 Å². The molecule has 0 bridgehead atoms. The van der Waals surface area contributed by atoms with Gasteiger partial charge in [-0.2, -0.15) is 0 Å². The molecule has 0 saturated heterocycles. The third-order valence-electron chi connectivity index (χ3n) is 6.48. The van der Waals surface area contributed by atoms with Gasteiger partial charge in [0.2, 0.25) is 10.0 Å². The van der Waals surface area contributed by atoms with Crippen molar-refractivity contribution in [2.75, 3.05) is 19.3 Å². The van der Waals surface area contributed by atoms with Crippen LogP contribution >= 0.6 is 11.6 Å². The number of sulfonamides is 1. The number of pyridine rings is 1. The molecule has 0 fully saturated rings. The van der Waals surface area contributed by atoms with Crippen LogP contribution in [0.5, 0.6) is 0 Å². The lowest BCUT2D eigenvalue weighted by Crippen LogP contribution is -2.32. The zero-order chi connectivity index (χ0) is 28.3. The van der Waals surface area contributed by atoms with Gasteiger partial charge in [0, 0.05) is 41.8 Å².